The molecule has 2 nitrogen and oxygen atoms in total. The maximum Gasteiger partial charge on any atom is 0.330 e. The Morgan fingerprint density at radius 2 is 1.91 bits per heavy atom. The van der Waals surface area contributed by atoms with Crippen molar-refractivity contribution < 1.29 is 9.53 Å². The van der Waals surface area contributed by atoms with Crippen LogP contribution in [0, 0.1) is 5.41 Å². The van der Waals surface area contributed by atoms with Crippen LogP contribution >= 0.6 is 0 Å². The highest BCUT2D eigenvalue weighted by molar-refractivity contribution is 5.83. The molecular weight excluding hydrogens is 284 g/mol. The van der Waals surface area contributed by atoms with Gasteiger partial charge in [-0.05, 0) is 49.3 Å². The topological polar surface area (TPSA) is 26.3 Å². The first-order valence-corrected chi connectivity index (χ1v) is 7.93. The standard InChI is InChI=1S/C21H28O2/c1-16(9-7-10-17(2)15-20(22)23-6)12-13-19-18(3)11-8-14-21(19,4)5/h7-13,15H,14H2,1-6H3/b10-7-,13-12+,16-9+,17-15+. The van der Waals surface area contributed by atoms with Gasteiger partial charge in [-0.15, -0.1) is 0 Å². The zero-order chi connectivity index (χ0) is 17.5. The summed E-state index contributed by atoms with van der Waals surface area (Å²) in [4.78, 5) is 11.1. The normalized spacial score (nSPS) is 19.0. The molecule has 1 rings (SSSR count). The third-order valence-electron chi connectivity index (χ3n) is 3.93. The summed E-state index contributed by atoms with van der Waals surface area (Å²) in [7, 11) is 1.38. The summed E-state index contributed by atoms with van der Waals surface area (Å²) in [5.74, 6) is -0.331. The molecule has 2 heteroatoms. The van der Waals surface area contributed by atoms with Gasteiger partial charge in [-0.3, -0.25) is 0 Å². The molecule has 0 fully saturated rings. The number of hydrogen-bond donors (Lipinski definition) is 0. The van der Waals surface area contributed by atoms with Gasteiger partial charge in [0.2, 0.25) is 0 Å². The van der Waals surface area contributed by atoms with Crippen molar-refractivity contribution in [1.29, 1.82) is 0 Å². The fourth-order valence-corrected chi connectivity index (χ4v) is 2.54. The molecule has 0 saturated heterocycles. The quantitative estimate of drug-likeness (QED) is 0.382. The van der Waals surface area contributed by atoms with Crippen LogP contribution < -0.4 is 0 Å². The van der Waals surface area contributed by atoms with E-state index in [1.54, 1.807) is 0 Å². The van der Waals surface area contributed by atoms with E-state index in [-0.39, 0.29) is 11.4 Å². The second-order valence-corrected chi connectivity index (χ2v) is 6.60. The van der Waals surface area contributed by atoms with Crippen LogP contribution in [0.4, 0.5) is 0 Å². The number of ether oxygens (including phenoxy) is 1. The second-order valence-electron chi connectivity index (χ2n) is 6.60. The Balaban J connectivity index is 2.79. The van der Waals surface area contributed by atoms with Crippen LogP contribution in [0.5, 0.6) is 0 Å². The predicted molar refractivity (Wildman–Crippen MR) is 98.0 cm³/mol. The highest BCUT2D eigenvalue weighted by atomic mass is 16.5. The van der Waals surface area contributed by atoms with Crippen molar-refractivity contribution in [2.45, 2.75) is 41.0 Å². The minimum atomic E-state index is -0.331. The van der Waals surface area contributed by atoms with Gasteiger partial charge in [0.25, 0.3) is 0 Å². The number of hydrogen-bond acceptors (Lipinski definition) is 2. The molecule has 0 amide bonds. The first-order chi connectivity index (χ1) is 10.8. The Kier molecular flexibility index (Phi) is 7.02. The Hall–Kier alpha value is -2.09. The third-order valence-corrected chi connectivity index (χ3v) is 3.93. The van der Waals surface area contributed by atoms with E-state index in [9.17, 15) is 4.79 Å². The summed E-state index contributed by atoms with van der Waals surface area (Å²) in [6.07, 6.45) is 17.2. The van der Waals surface area contributed by atoms with Crippen molar-refractivity contribution in [3.8, 4) is 0 Å². The van der Waals surface area contributed by atoms with Gasteiger partial charge in [0.1, 0.15) is 0 Å². The van der Waals surface area contributed by atoms with Gasteiger partial charge in [-0.2, -0.15) is 0 Å². The number of rotatable bonds is 5. The zero-order valence-electron chi connectivity index (χ0n) is 15.1. The number of carbonyl (C=O) groups excluding carboxylic acids is 1. The maximum absolute atomic E-state index is 11.1. The summed E-state index contributed by atoms with van der Waals surface area (Å²) in [6, 6.07) is 0. The first kappa shape index (κ1) is 19.0. The summed E-state index contributed by atoms with van der Waals surface area (Å²) < 4.78 is 4.60. The third kappa shape index (κ3) is 6.27. The molecule has 1 aliphatic rings. The van der Waals surface area contributed by atoms with E-state index in [2.05, 4.69) is 56.7 Å². The van der Waals surface area contributed by atoms with Crippen molar-refractivity contribution in [3.63, 3.8) is 0 Å². The number of carbonyl (C=O) groups is 1. The lowest BCUT2D eigenvalue weighted by atomic mass is 9.75. The second kappa shape index (κ2) is 8.52. The predicted octanol–water partition coefficient (Wildman–Crippen LogP) is 5.47. The Morgan fingerprint density at radius 3 is 2.52 bits per heavy atom. The highest BCUT2D eigenvalue weighted by Crippen LogP contribution is 2.37. The van der Waals surface area contributed by atoms with Crippen LogP contribution in [-0.2, 0) is 9.53 Å². The lowest BCUT2D eigenvalue weighted by Gasteiger charge is -2.29. The van der Waals surface area contributed by atoms with E-state index in [4.69, 9.17) is 0 Å². The molecule has 0 bridgehead atoms. The molecule has 0 aromatic rings. The zero-order valence-corrected chi connectivity index (χ0v) is 15.1. The van der Waals surface area contributed by atoms with Gasteiger partial charge in [-0.25, -0.2) is 4.79 Å². The van der Waals surface area contributed by atoms with Crippen LogP contribution in [0.2, 0.25) is 0 Å². The largest absolute Gasteiger partial charge is 0.466 e. The lowest BCUT2D eigenvalue weighted by Crippen LogP contribution is -2.16. The average molecular weight is 312 g/mol. The van der Waals surface area contributed by atoms with E-state index >= 15 is 0 Å². The van der Waals surface area contributed by atoms with Crippen LogP contribution in [0.3, 0.4) is 0 Å². The van der Waals surface area contributed by atoms with Crippen LogP contribution in [-0.4, -0.2) is 13.1 Å². The maximum atomic E-state index is 11.1. The highest BCUT2D eigenvalue weighted by Gasteiger charge is 2.23. The van der Waals surface area contributed by atoms with E-state index in [1.807, 2.05) is 25.2 Å². The van der Waals surface area contributed by atoms with Gasteiger partial charge >= 0.3 is 5.97 Å². The molecule has 124 valence electrons. The molecule has 0 spiro atoms. The van der Waals surface area contributed by atoms with Crippen molar-refractivity contribution in [2.24, 2.45) is 5.41 Å². The average Bonchev–Trinajstić information content (AvgIpc) is 2.45. The summed E-state index contributed by atoms with van der Waals surface area (Å²) in [5, 5.41) is 0. The van der Waals surface area contributed by atoms with Gasteiger partial charge in [0.05, 0.1) is 7.11 Å². The van der Waals surface area contributed by atoms with E-state index in [0.717, 1.165) is 17.6 Å². The molecule has 0 N–H and O–H groups in total. The molecule has 0 radical (unpaired) electrons. The Morgan fingerprint density at radius 1 is 1.22 bits per heavy atom. The summed E-state index contributed by atoms with van der Waals surface area (Å²) >= 11 is 0. The van der Waals surface area contributed by atoms with Crippen LogP contribution in [0.25, 0.3) is 0 Å². The SMILES string of the molecule is COC(=O)/C=C(C)/C=C\C=C(C)\C=C\C1=C(C)C=CCC1(C)C. The molecule has 0 atom stereocenters. The smallest absolute Gasteiger partial charge is 0.330 e. The molecule has 0 saturated carbocycles. The van der Waals surface area contributed by atoms with Gasteiger partial charge in [0.15, 0.2) is 0 Å². The number of allylic oxidation sites excluding steroid dienone is 11. The Labute approximate surface area is 140 Å². The summed E-state index contributed by atoms with van der Waals surface area (Å²) in [5.41, 5.74) is 4.93. The fourth-order valence-electron chi connectivity index (χ4n) is 2.54. The molecule has 0 aliphatic heterocycles. The molecule has 1 aliphatic carbocycles. The van der Waals surface area contributed by atoms with Gasteiger partial charge in [0, 0.05) is 6.08 Å². The van der Waals surface area contributed by atoms with Crippen LogP contribution in [0.1, 0.15) is 41.0 Å². The summed E-state index contributed by atoms with van der Waals surface area (Å²) in [6.45, 7) is 10.7. The molecular formula is C21H28O2. The molecule has 0 aromatic carbocycles. The number of esters is 1. The van der Waals surface area contributed by atoms with Crippen molar-refractivity contribution in [1.82, 2.24) is 0 Å². The van der Waals surface area contributed by atoms with Crippen LogP contribution in [0.15, 0.2) is 70.9 Å². The Bertz CT molecular complexity index is 620. The van der Waals surface area contributed by atoms with E-state index < -0.39 is 0 Å². The molecule has 0 unspecified atom stereocenters. The van der Waals surface area contributed by atoms with Crippen molar-refractivity contribution >= 4 is 5.97 Å². The minimum absolute atomic E-state index is 0.186. The van der Waals surface area contributed by atoms with E-state index in [1.165, 1.54) is 24.3 Å². The number of methoxy groups -OCH3 is 1. The first-order valence-electron chi connectivity index (χ1n) is 7.93. The monoisotopic (exact) mass is 312 g/mol. The van der Waals surface area contributed by atoms with Gasteiger partial charge < -0.3 is 4.74 Å². The molecule has 23 heavy (non-hydrogen) atoms. The minimum Gasteiger partial charge on any atom is -0.466 e. The van der Waals surface area contributed by atoms with Gasteiger partial charge in [-0.1, -0.05) is 62.0 Å². The molecule has 0 heterocycles. The lowest BCUT2D eigenvalue weighted by molar-refractivity contribution is -0.134. The molecule has 0 aromatic heterocycles. The fraction of sp³-hybridized carbons (Fsp3) is 0.381. The van der Waals surface area contributed by atoms with Crippen molar-refractivity contribution in [2.75, 3.05) is 7.11 Å². The van der Waals surface area contributed by atoms with E-state index in [0.29, 0.717) is 0 Å². The van der Waals surface area contributed by atoms with Crippen molar-refractivity contribution in [3.05, 3.63) is 70.9 Å².